The Morgan fingerprint density at radius 3 is 2.62 bits per heavy atom. The van der Waals surface area contributed by atoms with Gasteiger partial charge in [-0.15, -0.1) is 0 Å². The lowest BCUT2D eigenvalue weighted by Gasteiger charge is -2.19. The van der Waals surface area contributed by atoms with Crippen LogP contribution in [0.15, 0.2) is 53.3 Å². The summed E-state index contributed by atoms with van der Waals surface area (Å²) in [4.78, 5) is 25.4. The van der Waals surface area contributed by atoms with E-state index in [2.05, 4.69) is 10.4 Å². The first-order valence-electron chi connectivity index (χ1n) is 9.02. The lowest BCUT2D eigenvalue weighted by molar-refractivity contribution is 0.101. The van der Waals surface area contributed by atoms with E-state index in [0.29, 0.717) is 36.1 Å². The smallest absolute Gasteiger partial charge is 0.280 e. The van der Waals surface area contributed by atoms with Gasteiger partial charge in [-0.25, -0.2) is 0 Å². The van der Waals surface area contributed by atoms with Gasteiger partial charge < -0.3 is 19.5 Å². The van der Waals surface area contributed by atoms with E-state index in [9.17, 15) is 9.59 Å². The van der Waals surface area contributed by atoms with Crippen molar-refractivity contribution < 1.29 is 19.0 Å². The lowest BCUT2D eigenvalue weighted by atomic mass is 10.2. The van der Waals surface area contributed by atoms with Gasteiger partial charge in [-0.3, -0.25) is 9.59 Å². The molecule has 29 heavy (non-hydrogen) atoms. The number of para-hydroxylation sites is 1. The summed E-state index contributed by atoms with van der Waals surface area (Å²) < 4.78 is 17.4. The first kappa shape index (κ1) is 18.5. The molecule has 148 valence electrons. The summed E-state index contributed by atoms with van der Waals surface area (Å²) in [7, 11) is 1.38. The summed E-state index contributed by atoms with van der Waals surface area (Å²) in [5, 5.41) is 7.03. The van der Waals surface area contributed by atoms with Gasteiger partial charge in [0.1, 0.15) is 13.2 Å². The Morgan fingerprint density at radius 1 is 1.10 bits per heavy atom. The van der Waals surface area contributed by atoms with Crippen LogP contribution in [0.3, 0.4) is 0 Å². The number of methoxy groups -OCH3 is 1. The van der Waals surface area contributed by atoms with Crippen molar-refractivity contribution in [3.05, 3.63) is 70.1 Å². The van der Waals surface area contributed by atoms with Gasteiger partial charge in [-0.2, -0.15) is 9.78 Å². The van der Waals surface area contributed by atoms with E-state index in [-0.39, 0.29) is 11.4 Å². The van der Waals surface area contributed by atoms with Crippen LogP contribution in [0.2, 0.25) is 0 Å². The highest BCUT2D eigenvalue weighted by Crippen LogP contribution is 2.32. The first-order chi connectivity index (χ1) is 14.1. The molecule has 0 unspecified atom stereocenters. The zero-order valence-corrected chi connectivity index (χ0v) is 16.0. The summed E-state index contributed by atoms with van der Waals surface area (Å²) in [5.74, 6) is 0.757. The van der Waals surface area contributed by atoms with E-state index in [1.807, 2.05) is 19.1 Å². The minimum Gasteiger partial charge on any atom is -0.494 e. The molecule has 4 rings (SSSR count). The molecule has 1 N–H and O–H groups in total. The predicted octanol–water partition coefficient (Wildman–Crippen LogP) is 2.57. The van der Waals surface area contributed by atoms with E-state index in [0.717, 1.165) is 5.56 Å². The average Bonchev–Trinajstić information content (AvgIpc) is 2.74. The number of aromatic nitrogens is 2. The van der Waals surface area contributed by atoms with Crippen LogP contribution in [-0.2, 0) is 0 Å². The van der Waals surface area contributed by atoms with Crippen molar-refractivity contribution in [1.29, 1.82) is 0 Å². The molecule has 1 aromatic heterocycles. The molecule has 0 atom stereocenters. The number of nitrogens with zero attached hydrogens (tertiary/aromatic N) is 2. The van der Waals surface area contributed by atoms with Crippen molar-refractivity contribution >= 4 is 11.6 Å². The number of hydrogen-bond acceptors (Lipinski definition) is 6. The van der Waals surface area contributed by atoms with Crippen molar-refractivity contribution in [2.45, 2.75) is 6.92 Å². The first-order valence-corrected chi connectivity index (χ1v) is 9.02. The van der Waals surface area contributed by atoms with Gasteiger partial charge >= 0.3 is 0 Å². The van der Waals surface area contributed by atoms with E-state index >= 15 is 0 Å². The molecule has 0 spiro atoms. The third kappa shape index (κ3) is 3.64. The third-order valence-electron chi connectivity index (χ3n) is 4.48. The summed E-state index contributed by atoms with van der Waals surface area (Å²) in [6.07, 6.45) is 0. The molecule has 8 heteroatoms. The average molecular weight is 393 g/mol. The fourth-order valence-corrected chi connectivity index (χ4v) is 3.04. The molecule has 0 radical (unpaired) electrons. The van der Waals surface area contributed by atoms with Gasteiger partial charge in [-0.1, -0.05) is 18.2 Å². The number of nitrogens with one attached hydrogen (secondary N) is 1. The number of rotatable bonds is 4. The van der Waals surface area contributed by atoms with E-state index < -0.39 is 11.5 Å². The van der Waals surface area contributed by atoms with Gasteiger partial charge in [-0.05, 0) is 30.7 Å². The van der Waals surface area contributed by atoms with Crippen molar-refractivity contribution in [3.8, 4) is 22.9 Å². The van der Waals surface area contributed by atoms with Crippen LogP contribution in [0.5, 0.6) is 17.2 Å². The van der Waals surface area contributed by atoms with Gasteiger partial charge in [0.15, 0.2) is 22.9 Å². The maximum absolute atomic E-state index is 12.9. The molecule has 1 amide bonds. The number of anilines is 1. The molecule has 2 aromatic carbocycles. The van der Waals surface area contributed by atoms with Gasteiger partial charge in [0.25, 0.3) is 11.5 Å². The standard InChI is InChI=1S/C21H19N3O5/c1-13-5-3-4-6-15(13)24-19(25)12-18(27-2)20(23-24)21(26)22-14-7-8-16-17(11-14)29-10-9-28-16/h3-8,11-12H,9-10H2,1-2H3,(H,22,26). The highest BCUT2D eigenvalue weighted by atomic mass is 16.6. The number of aryl methyl sites for hydroxylation is 1. The van der Waals surface area contributed by atoms with E-state index in [1.54, 1.807) is 30.3 Å². The minimum atomic E-state index is -0.513. The summed E-state index contributed by atoms with van der Waals surface area (Å²) >= 11 is 0. The monoisotopic (exact) mass is 393 g/mol. The van der Waals surface area contributed by atoms with E-state index in [1.165, 1.54) is 17.9 Å². The number of amides is 1. The van der Waals surface area contributed by atoms with Crippen LogP contribution in [0.4, 0.5) is 5.69 Å². The number of benzene rings is 2. The molecule has 0 saturated heterocycles. The van der Waals surface area contributed by atoms with E-state index in [4.69, 9.17) is 14.2 Å². The number of hydrogen-bond donors (Lipinski definition) is 1. The normalized spacial score (nSPS) is 12.3. The Morgan fingerprint density at radius 2 is 1.86 bits per heavy atom. The second kappa shape index (κ2) is 7.67. The van der Waals surface area contributed by atoms with Gasteiger partial charge in [0.2, 0.25) is 0 Å². The summed E-state index contributed by atoms with van der Waals surface area (Å²) in [5.41, 5.74) is 1.55. The van der Waals surface area contributed by atoms with Crippen molar-refractivity contribution in [3.63, 3.8) is 0 Å². The number of carbonyl (C=O) groups excluding carboxylic acids is 1. The van der Waals surface area contributed by atoms with Crippen LogP contribution in [0, 0.1) is 6.92 Å². The molecular formula is C21H19N3O5. The third-order valence-corrected chi connectivity index (χ3v) is 4.48. The van der Waals surface area contributed by atoms with Gasteiger partial charge in [0, 0.05) is 11.8 Å². The molecule has 0 saturated carbocycles. The second-order valence-corrected chi connectivity index (χ2v) is 6.41. The number of fused-ring (bicyclic) bond motifs is 1. The second-order valence-electron chi connectivity index (χ2n) is 6.41. The molecule has 0 fully saturated rings. The largest absolute Gasteiger partial charge is 0.494 e. The Hall–Kier alpha value is -3.81. The zero-order valence-electron chi connectivity index (χ0n) is 16.0. The highest BCUT2D eigenvalue weighted by Gasteiger charge is 2.20. The number of carbonyl (C=O) groups is 1. The number of ether oxygens (including phenoxy) is 3. The van der Waals surface area contributed by atoms with Crippen LogP contribution in [0.25, 0.3) is 5.69 Å². The van der Waals surface area contributed by atoms with Crippen LogP contribution in [0.1, 0.15) is 16.1 Å². The van der Waals surface area contributed by atoms with Crippen molar-refractivity contribution in [2.24, 2.45) is 0 Å². The Kier molecular flexibility index (Phi) is 4.90. The minimum absolute atomic E-state index is 0.00904. The van der Waals surface area contributed by atoms with Crippen LogP contribution >= 0.6 is 0 Å². The highest BCUT2D eigenvalue weighted by molar-refractivity contribution is 6.04. The Balaban J connectivity index is 1.70. The maximum Gasteiger partial charge on any atom is 0.280 e. The molecule has 2 heterocycles. The Bertz CT molecular complexity index is 1140. The predicted molar refractivity (Wildman–Crippen MR) is 107 cm³/mol. The molecule has 0 aliphatic carbocycles. The lowest BCUT2D eigenvalue weighted by Crippen LogP contribution is -2.26. The van der Waals surface area contributed by atoms with Crippen molar-refractivity contribution in [1.82, 2.24) is 9.78 Å². The molecule has 1 aliphatic rings. The molecule has 3 aromatic rings. The molecule has 1 aliphatic heterocycles. The fraction of sp³-hybridized carbons (Fsp3) is 0.190. The maximum atomic E-state index is 12.9. The van der Waals surface area contributed by atoms with Crippen LogP contribution < -0.4 is 25.1 Å². The molecular weight excluding hydrogens is 374 g/mol. The topological polar surface area (TPSA) is 91.7 Å². The molecule has 0 bridgehead atoms. The van der Waals surface area contributed by atoms with Crippen LogP contribution in [-0.4, -0.2) is 36.0 Å². The quantitative estimate of drug-likeness (QED) is 0.733. The Labute approximate surface area is 166 Å². The summed E-state index contributed by atoms with van der Waals surface area (Å²) in [6.45, 7) is 2.80. The molecule has 8 nitrogen and oxygen atoms in total. The van der Waals surface area contributed by atoms with Crippen molar-refractivity contribution in [2.75, 3.05) is 25.6 Å². The van der Waals surface area contributed by atoms with Gasteiger partial charge in [0.05, 0.1) is 18.9 Å². The summed E-state index contributed by atoms with van der Waals surface area (Å²) in [6, 6.07) is 13.6. The zero-order chi connectivity index (χ0) is 20.4. The fourth-order valence-electron chi connectivity index (χ4n) is 3.04. The SMILES string of the molecule is COc1cc(=O)n(-c2ccccc2C)nc1C(=O)Nc1ccc2c(c1)OCCO2.